The highest BCUT2D eigenvalue weighted by Gasteiger charge is 2.30. The Morgan fingerprint density at radius 1 is 1.46 bits per heavy atom. The van der Waals surface area contributed by atoms with E-state index >= 15 is 0 Å². The smallest absolute Gasteiger partial charge is 0.214 e. The van der Waals surface area contributed by atoms with Crippen LogP contribution in [-0.4, -0.2) is 31.4 Å². The van der Waals surface area contributed by atoms with Crippen molar-refractivity contribution in [2.75, 3.05) is 6.54 Å². The summed E-state index contributed by atoms with van der Waals surface area (Å²) in [4.78, 5) is 0. The van der Waals surface area contributed by atoms with E-state index in [2.05, 4.69) is 4.72 Å². The van der Waals surface area contributed by atoms with Crippen LogP contribution in [0.4, 0.5) is 0 Å². The Hall–Kier alpha value is -0.130. The fourth-order valence-corrected chi connectivity index (χ4v) is 1.75. The van der Waals surface area contributed by atoms with Crippen molar-refractivity contribution in [2.45, 2.75) is 38.0 Å². The number of hydrogen-bond acceptors (Lipinski definition) is 3. The molecule has 78 valence electrons. The number of nitrogens with one attached hydrogen (secondary N) is 1. The van der Waals surface area contributed by atoms with Crippen molar-refractivity contribution in [2.24, 2.45) is 5.92 Å². The first-order chi connectivity index (χ1) is 5.93. The highest BCUT2D eigenvalue weighted by Crippen LogP contribution is 2.32. The Labute approximate surface area is 79.4 Å². The van der Waals surface area contributed by atoms with Crippen molar-refractivity contribution < 1.29 is 13.5 Å². The highest BCUT2D eigenvalue weighted by molar-refractivity contribution is 7.90. The summed E-state index contributed by atoms with van der Waals surface area (Å²) < 4.78 is 24.9. The van der Waals surface area contributed by atoms with Crippen LogP contribution in [0.15, 0.2) is 0 Å². The lowest BCUT2D eigenvalue weighted by Crippen LogP contribution is -2.37. The molecule has 0 amide bonds. The van der Waals surface area contributed by atoms with Crippen molar-refractivity contribution in [1.82, 2.24) is 4.72 Å². The molecule has 0 heterocycles. The number of hydrogen-bond donors (Lipinski definition) is 2. The largest absolute Gasteiger partial charge is 0.391 e. The summed E-state index contributed by atoms with van der Waals surface area (Å²) in [7, 11) is -3.21. The second-order valence-electron chi connectivity index (χ2n) is 3.85. The van der Waals surface area contributed by atoms with Gasteiger partial charge in [-0.3, -0.25) is 0 Å². The summed E-state index contributed by atoms with van der Waals surface area (Å²) in [5, 5.41) is 8.98. The fraction of sp³-hybridized carbons (Fsp3) is 1.00. The summed E-state index contributed by atoms with van der Waals surface area (Å²) >= 11 is 0. The predicted molar refractivity (Wildman–Crippen MR) is 50.8 cm³/mol. The molecule has 1 aliphatic rings. The summed E-state index contributed by atoms with van der Waals surface area (Å²) in [6.45, 7) is 3.39. The predicted octanol–water partition coefficient (Wildman–Crippen LogP) is 0.0851. The van der Waals surface area contributed by atoms with Gasteiger partial charge in [-0.15, -0.1) is 0 Å². The lowest BCUT2D eigenvalue weighted by Gasteiger charge is -2.12. The lowest BCUT2D eigenvalue weighted by atomic mass is 10.2. The SMILES string of the molecule is CC(C)S(=O)(=O)NCC(O)C1CC1. The second kappa shape index (κ2) is 3.94. The van der Waals surface area contributed by atoms with Crippen LogP contribution in [0.25, 0.3) is 0 Å². The minimum absolute atomic E-state index is 0.158. The van der Waals surface area contributed by atoms with Gasteiger partial charge in [0.15, 0.2) is 0 Å². The first-order valence-corrected chi connectivity index (χ1v) is 6.14. The molecule has 1 unspecified atom stereocenters. The van der Waals surface area contributed by atoms with E-state index in [1.54, 1.807) is 13.8 Å². The molecule has 1 fully saturated rings. The summed E-state index contributed by atoms with van der Waals surface area (Å²) in [5.41, 5.74) is 0. The summed E-state index contributed by atoms with van der Waals surface area (Å²) in [5.74, 6) is 0.315. The standard InChI is InChI=1S/C8H17NO3S/c1-6(2)13(11,12)9-5-8(10)7-3-4-7/h6-10H,3-5H2,1-2H3. The van der Waals surface area contributed by atoms with Gasteiger partial charge in [0.05, 0.1) is 11.4 Å². The maximum absolute atomic E-state index is 11.3. The average molecular weight is 207 g/mol. The van der Waals surface area contributed by atoms with E-state index in [1.165, 1.54) is 0 Å². The van der Waals surface area contributed by atoms with Gasteiger partial charge in [-0.1, -0.05) is 0 Å². The van der Waals surface area contributed by atoms with Crippen LogP contribution in [0, 0.1) is 5.92 Å². The third kappa shape index (κ3) is 3.25. The molecule has 0 aliphatic heterocycles. The quantitative estimate of drug-likeness (QED) is 0.671. The molecule has 0 saturated heterocycles. The van der Waals surface area contributed by atoms with Crippen LogP contribution in [0.1, 0.15) is 26.7 Å². The molecule has 1 atom stereocenters. The first kappa shape index (κ1) is 10.9. The zero-order valence-corrected chi connectivity index (χ0v) is 8.84. The second-order valence-corrected chi connectivity index (χ2v) is 6.17. The molecule has 0 aromatic carbocycles. The van der Waals surface area contributed by atoms with Crippen LogP contribution in [0.5, 0.6) is 0 Å². The van der Waals surface area contributed by atoms with Crippen molar-refractivity contribution in [3.05, 3.63) is 0 Å². The summed E-state index contributed by atoms with van der Waals surface area (Å²) in [6.07, 6.45) is 1.53. The lowest BCUT2D eigenvalue weighted by molar-refractivity contribution is 0.155. The topological polar surface area (TPSA) is 66.4 Å². The van der Waals surface area contributed by atoms with Crippen molar-refractivity contribution >= 4 is 10.0 Å². The molecule has 1 aliphatic carbocycles. The molecule has 0 aromatic heterocycles. The molecule has 5 heteroatoms. The van der Waals surface area contributed by atoms with Gasteiger partial charge in [0.1, 0.15) is 0 Å². The van der Waals surface area contributed by atoms with Gasteiger partial charge in [-0.25, -0.2) is 13.1 Å². The van der Waals surface area contributed by atoms with Gasteiger partial charge in [0.25, 0.3) is 0 Å². The average Bonchev–Trinajstić information content (AvgIpc) is 2.82. The van der Waals surface area contributed by atoms with Gasteiger partial charge >= 0.3 is 0 Å². The van der Waals surface area contributed by atoms with Crippen molar-refractivity contribution in [3.8, 4) is 0 Å². The zero-order chi connectivity index (χ0) is 10.1. The Kier molecular flexibility index (Phi) is 3.32. The minimum Gasteiger partial charge on any atom is -0.391 e. The van der Waals surface area contributed by atoms with Crippen LogP contribution < -0.4 is 4.72 Å². The Morgan fingerprint density at radius 3 is 2.38 bits per heavy atom. The van der Waals surface area contributed by atoms with E-state index in [0.29, 0.717) is 5.92 Å². The Morgan fingerprint density at radius 2 is 2.00 bits per heavy atom. The molecule has 1 saturated carbocycles. The molecule has 0 bridgehead atoms. The van der Waals surface area contributed by atoms with Gasteiger partial charge in [-0.2, -0.15) is 0 Å². The molecule has 1 rings (SSSR count). The van der Waals surface area contributed by atoms with Crippen LogP contribution in [0.3, 0.4) is 0 Å². The molecular formula is C8H17NO3S. The minimum atomic E-state index is -3.21. The van der Waals surface area contributed by atoms with E-state index in [0.717, 1.165) is 12.8 Å². The molecule has 13 heavy (non-hydrogen) atoms. The zero-order valence-electron chi connectivity index (χ0n) is 8.03. The molecule has 0 radical (unpaired) electrons. The van der Waals surface area contributed by atoms with E-state index in [-0.39, 0.29) is 6.54 Å². The van der Waals surface area contributed by atoms with Gasteiger partial charge < -0.3 is 5.11 Å². The van der Waals surface area contributed by atoms with Gasteiger partial charge in [0.2, 0.25) is 10.0 Å². The number of rotatable bonds is 5. The van der Waals surface area contributed by atoms with Gasteiger partial charge in [-0.05, 0) is 32.6 Å². The number of sulfonamides is 1. The maximum atomic E-state index is 11.3. The van der Waals surface area contributed by atoms with E-state index in [1.807, 2.05) is 0 Å². The van der Waals surface area contributed by atoms with Gasteiger partial charge in [0, 0.05) is 6.54 Å². The third-order valence-corrected chi connectivity index (χ3v) is 4.09. The van der Waals surface area contributed by atoms with E-state index in [4.69, 9.17) is 0 Å². The molecule has 0 spiro atoms. The summed E-state index contributed by atoms with van der Waals surface area (Å²) in [6, 6.07) is 0. The monoisotopic (exact) mass is 207 g/mol. The third-order valence-electron chi connectivity index (χ3n) is 2.28. The van der Waals surface area contributed by atoms with E-state index in [9.17, 15) is 13.5 Å². The van der Waals surface area contributed by atoms with Crippen molar-refractivity contribution in [1.29, 1.82) is 0 Å². The normalized spacial score (nSPS) is 20.6. The molecular weight excluding hydrogens is 190 g/mol. The van der Waals surface area contributed by atoms with E-state index < -0.39 is 21.4 Å². The number of aliphatic hydroxyl groups excluding tert-OH is 1. The molecule has 4 nitrogen and oxygen atoms in total. The maximum Gasteiger partial charge on any atom is 0.214 e. The van der Waals surface area contributed by atoms with Crippen molar-refractivity contribution in [3.63, 3.8) is 0 Å². The molecule has 2 N–H and O–H groups in total. The Bertz CT molecular complexity index is 257. The van der Waals surface area contributed by atoms with Crippen LogP contribution in [0.2, 0.25) is 0 Å². The van der Waals surface area contributed by atoms with Crippen LogP contribution >= 0.6 is 0 Å². The fourth-order valence-electron chi connectivity index (χ4n) is 1.02. The highest BCUT2D eigenvalue weighted by atomic mass is 32.2. The first-order valence-electron chi connectivity index (χ1n) is 4.60. The number of aliphatic hydroxyl groups is 1. The Balaban J connectivity index is 2.32. The molecule has 0 aromatic rings. The van der Waals surface area contributed by atoms with Crippen LogP contribution in [-0.2, 0) is 10.0 Å².